The number of amides is 1. The SMILES string of the molecule is CC(C)CCNC(=O)c1ccc(Nc2ccc(C(F)(F)F)cc2)cn1. The Labute approximate surface area is 144 Å². The van der Waals surface area contributed by atoms with Crippen LogP contribution in [-0.4, -0.2) is 17.4 Å². The minimum atomic E-state index is -4.36. The molecule has 0 fully saturated rings. The third-order valence-corrected chi connectivity index (χ3v) is 3.50. The molecule has 2 N–H and O–H groups in total. The number of alkyl halides is 3. The smallest absolute Gasteiger partial charge is 0.354 e. The molecule has 0 aliphatic carbocycles. The van der Waals surface area contributed by atoms with Crippen LogP contribution in [0, 0.1) is 5.92 Å². The highest BCUT2D eigenvalue weighted by Gasteiger charge is 2.29. The molecule has 25 heavy (non-hydrogen) atoms. The summed E-state index contributed by atoms with van der Waals surface area (Å²) in [6.45, 7) is 4.74. The summed E-state index contributed by atoms with van der Waals surface area (Å²) in [5.74, 6) is 0.255. The van der Waals surface area contributed by atoms with E-state index in [0.717, 1.165) is 18.6 Å². The topological polar surface area (TPSA) is 54.0 Å². The average Bonchev–Trinajstić information content (AvgIpc) is 2.55. The second-order valence-electron chi connectivity index (χ2n) is 6.07. The van der Waals surface area contributed by atoms with Gasteiger partial charge in [-0.15, -0.1) is 0 Å². The maximum absolute atomic E-state index is 12.5. The highest BCUT2D eigenvalue weighted by molar-refractivity contribution is 5.92. The number of hydrogen-bond acceptors (Lipinski definition) is 3. The second kappa shape index (κ2) is 8.00. The van der Waals surface area contributed by atoms with Gasteiger partial charge in [0.15, 0.2) is 0 Å². The number of aromatic nitrogens is 1. The Balaban J connectivity index is 1.95. The lowest BCUT2D eigenvalue weighted by molar-refractivity contribution is -0.137. The van der Waals surface area contributed by atoms with Crippen molar-refractivity contribution < 1.29 is 18.0 Å². The lowest BCUT2D eigenvalue weighted by Gasteiger charge is -2.10. The monoisotopic (exact) mass is 351 g/mol. The first kappa shape index (κ1) is 18.8. The van der Waals surface area contributed by atoms with Crippen molar-refractivity contribution >= 4 is 17.3 Å². The summed E-state index contributed by atoms with van der Waals surface area (Å²) in [5.41, 5.74) is 0.675. The van der Waals surface area contributed by atoms with Crippen LogP contribution < -0.4 is 10.6 Å². The average molecular weight is 351 g/mol. The summed E-state index contributed by atoms with van der Waals surface area (Å²) in [5, 5.41) is 5.74. The van der Waals surface area contributed by atoms with Crippen LogP contribution in [0.25, 0.3) is 0 Å². The van der Waals surface area contributed by atoms with E-state index in [2.05, 4.69) is 29.5 Å². The molecule has 0 bridgehead atoms. The normalized spacial score (nSPS) is 11.4. The van der Waals surface area contributed by atoms with E-state index >= 15 is 0 Å². The minimum Gasteiger partial charge on any atom is -0.354 e. The van der Waals surface area contributed by atoms with Crippen molar-refractivity contribution in [1.29, 1.82) is 0 Å². The highest BCUT2D eigenvalue weighted by atomic mass is 19.4. The van der Waals surface area contributed by atoms with Crippen LogP contribution in [-0.2, 0) is 6.18 Å². The van der Waals surface area contributed by atoms with Gasteiger partial charge in [0.2, 0.25) is 0 Å². The van der Waals surface area contributed by atoms with E-state index < -0.39 is 11.7 Å². The first-order valence-electron chi connectivity index (χ1n) is 7.94. The Kier molecular flexibility index (Phi) is 6.01. The predicted molar refractivity (Wildman–Crippen MR) is 90.8 cm³/mol. The molecule has 134 valence electrons. The Morgan fingerprint density at radius 3 is 2.24 bits per heavy atom. The zero-order valence-electron chi connectivity index (χ0n) is 14.0. The molecule has 0 saturated carbocycles. The van der Waals surface area contributed by atoms with Crippen LogP contribution in [0.15, 0.2) is 42.6 Å². The number of carbonyl (C=O) groups is 1. The van der Waals surface area contributed by atoms with Gasteiger partial charge >= 0.3 is 6.18 Å². The fourth-order valence-corrected chi connectivity index (χ4v) is 2.08. The van der Waals surface area contributed by atoms with Gasteiger partial charge in [-0.1, -0.05) is 13.8 Å². The van der Waals surface area contributed by atoms with Gasteiger partial charge in [-0.3, -0.25) is 4.79 Å². The van der Waals surface area contributed by atoms with Crippen molar-refractivity contribution in [2.24, 2.45) is 5.92 Å². The van der Waals surface area contributed by atoms with Crippen LogP contribution in [0.1, 0.15) is 36.3 Å². The molecule has 0 atom stereocenters. The molecular formula is C18H20F3N3O. The number of halogens is 3. The predicted octanol–water partition coefficient (Wildman–Crippen LogP) is 4.62. The molecule has 0 spiro atoms. The maximum Gasteiger partial charge on any atom is 0.416 e. The van der Waals surface area contributed by atoms with Gasteiger partial charge in [0, 0.05) is 12.2 Å². The molecule has 4 nitrogen and oxygen atoms in total. The maximum atomic E-state index is 12.5. The standard InChI is InChI=1S/C18H20F3N3O/c1-12(2)9-10-22-17(25)16-8-7-15(11-23-16)24-14-5-3-13(4-6-14)18(19,20)21/h3-8,11-12,24H,9-10H2,1-2H3,(H,22,25). The zero-order valence-corrected chi connectivity index (χ0v) is 14.0. The minimum absolute atomic E-state index is 0.248. The molecule has 0 unspecified atom stereocenters. The van der Waals surface area contributed by atoms with E-state index in [1.807, 2.05) is 0 Å². The van der Waals surface area contributed by atoms with Gasteiger partial charge in [-0.2, -0.15) is 13.2 Å². The Morgan fingerprint density at radius 1 is 1.08 bits per heavy atom. The van der Waals surface area contributed by atoms with Crippen LogP contribution >= 0.6 is 0 Å². The lowest BCUT2D eigenvalue weighted by atomic mass is 10.1. The third-order valence-electron chi connectivity index (χ3n) is 3.50. The highest BCUT2D eigenvalue weighted by Crippen LogP contribution is 2.30. The van der Waals surface area contributed by atoms with Gasteiger partial charge in [0.25, 0.3) is 5.91 Å². The van der Waals surface area contributed by atoms with Crippen molar-refractivity contribution in [3.05, 3.63) is 53.9 Å². The molecule has 2 aromatic rings. The molecule has 2 rings (SSSR count). The van der Waals surface area contributed by atoms with Crippen molar-refractivity contribution in [3.63, 3.8) is 0 Å². The first-order valence-corrected chi connectivity index (χ1v) is 7.94. The van der Waals surface area contributed by atoms with Gasteiger partial charge in [-0.05, 0) is 48.7 Å². The van der Waals surface area contributed by atoms with E-state index in [-0.39, 0.29) is 5.91 Å². The molecule has 0 saturated heterocycles. The number of carbonyl (C=O) groups excluding carboxylic acids is 1. The number of benzene rings is 1. The number of anilines is 2. The number of rotatable bonds is 6. The van der Waals surface area contributed by atoms with Gasteiger partial charge < -0.3 is 10.6 Å². The van der Waals surface area contributed by atoms with Crippen LogP contribution in [0.4, 0.5) is 24.5 Å². The quantitative estimate of drug-likeness (QED) is 0.798. The number of pyridine rings is 1. The molecule has 0 aliphatic rings. The van der Waals surface area contributed by atoms with Crippen molar-refractivity contribution in [2.45, 2.75) is 26.4 Å². The molecule has 7 heteroatoms. The fraction of sp³-hybridized carbons (Fsp3) is 0.333. The van der Waals surface area contributed by atoms with E-state index in [1.54, 1.807) is 12.1 Å². The second-order valence-corrected chi connectivity index (χ2v) is 6.07. The summed E-state index contributed by atoms with van der Waals surface area (Å²) in [6.07, 6.45) is -2.00. The van der Waals surface area contributed by atoms with Gasteiger partial charge in [0.05, 0.1) is 17.4 Å². The summed E-state index contributed by atoms with van der Waals surface area (Å²) in [4.78, 5) is 16.0. The van der Waals surface area contributed by atoms with Crippen molar-refractivity contribution in [1.82, 2.24) is 10.3 Å². The number of nitrogens with one attached hydrogen (secondary N) is 2. The van der Waals surface area contributed by atoms with Crippen LogP contribution in [0.3, 0.4) is 0 Å². The molecule has 1 aromatic heterocycles. The van der Waals surface area contributed by atoms with Crippen LogP contribution in [0.2, 0.25) is 0 Å². The fourth-order valence-electron chi connectivity index (χ4n) is 2.08. The van der Waals surface area contributed by atoms with E-state index in [1.165, 1.54) is 18.3 Å². The van der Waals surface area contributed by atoms with Crippen molar-refractivity contribution in [2.75, 3.05) is 11.9 Å². The zero-order chi connectivity index (χ0) is 18.4. The number of hydrogen-bond donors (Lipinski definition) is 2. The summed E-state index contributed by atoms with van der Waals surface area (Å²) < 4.78 is 37.6. The molecule has 1 heterocycles. The Hall–Kier alpha value is -2.57. The summed E-state index contributed by atoms with van der Waals surface area (Å²) >= 11 is 0. The molecule has 1 amide bonds. The summed E-state index contributed by atoms with van der Waals surface area (Å²) in [6, 6.07) is 7.92. The Morgan fingerprint density at radius 2 is 1.72 bits per heavy atom. The van der Waals surface area contributed by atoms with E-state index in [9.17, 15) is 18.0 Å². The molecular weight excluding hydrogens is 331 g/mol. The van der Waals surface area contributed by atoms with E-state index in [4.69, 9.17) is 0 Å². The Bertz CT molecular complexity index is 695. The molecule has 0 aliphatic heterocycles. The third kappa shape index (κ3) is 5.77. The van der Waals surface area contributed by atoms with Gasteiger partial charge in [-0.25, -0.2) is 4.98 Å². The largest absolute Gasteiger partial charge is 0.416 e. The first-order chi connectivity index (χ1) is 11.8. The van der Waals surface area contributed by atoms with Crippen molar-refractivity contribution in [3.8, 4) is 0 Å². The molecule has 0 radical (unpaired) electrons. The van der Waals surface area contributed by atoms with E-state index in [0.29, 0.717) is 29.5 Å². The molecule has 1 aromatic carbocycles. The lowest BCUT2D eigenvalue weighted by Crippen LogP contribution is -2.26. The number of nitrogens with zero attached hydrogens (tertiary/aromatic N) is 1. The van der Waals surface area contributed by atoms with Gasteiger partial charge in [0.1, 0.15) is 5.69 Å². The summed E-state index contributed by atoms with van der Waals surface area (Å²) in [7, 11) is 0. The van der Waals surface area contributed by atoms with Crippen LogP contribution in [0.5, 0.6) is 0 Å².